The van der Waals surface area contributed by atoms with Crippen LogP contribution >= 0.6 is 0 Å². The Kier molecular flexibility index (Phi) is 6.42. The zero-order chi connectivity index (χ0) is 15.0. The molecule has 0 aliphatic carbocycles. The van der Waals surface area contributed by atoms with E-state index in [2.05, 4.69) is 0 Å². The molecule has 0 saturated heterocycles. The third kappa shape index (κ3) is 5.99. The first-order valence-electron chi connectivity index (χ1n) is 6.26. The Morgan fingerprint density at radius 2 is 1.95 bits per heavy atom. The van der Waals surface area contributed by atoms with E-state index in [1.165, 1.54) is 12.1 Å². The summed E-state index contributed by atoms with van der Waals surface area (Å²) in [7, 11) is -3.38. The van der Waals surface area contributed by atoms with Gasteiger partial charge in [0.25, 0.3) is 0 Å². The number of halogens is 1. The molecule has 1 aromatic carbocycles. The Balaban J connectivity index is 2.26. The lowest BCUT2D eigenvalue weighted by atomic mass is 10.2. The van der Waals surface area contributed by atoms with Gasteiger partial charge in [-0.1, -0.05) is 18.9 Å². The smallest absolute Gasteiger partial charge is 0.209 e. The summed E-state index contributed by atoms with van der Waals surface area (Å²) in [5.41, 5.74) is -0.0956. The lowest BCUT2D eigenvalue weighted by molar-refractivity contribution is 0.302. The van der Waals surface area contributed by atoms with Gasteiger partial charge in [0.2, 0.25) is 10.0 Å². The Morgan fingerprint density at radius 1 is 1.25 bits per heavy atom. The summed E-state index contributed by atoms with van der Waals surface area (Å²) in [6, 6.07) is 6.00. The first kappa shape index (κ1) is 16.4. The van der Waals surface area contributed by atoms with Crippen LogP contribution in [-0.4, -0.2) is 20.8 Å². The molecule has 0 aliphatic rings. The lowest BCUT2D eigenvalue weighted by Gasteiger charge is -2.08. The van der Waals surface area contributed by atoms with Gasteiger partial charge in [-0.15, -0.1) is 0 Å². The van der Waals surface area contributed by atoms with Crippen molar-refractivity contribution in [3.05, 3.63) is 29.6 Å². The molecule has 0 saturated carbocycles. The fraction of sp³-hybridized carbons (Fsp3) is 0.462. The number of nitrogens with two attached hydrogens (primary N) is 1. The van der Waals surface area contributed by atoms with Crippen molar-refractivity contribution in [2.75, 3.05) is 12.4 Å². The molecular formula is C13H17FN2O3S. The second-order valence-electron chi connectivity index (χ2n) is 4.35. The van der Waals surface area contributed by atoms with Crippen molar-refractivity contribution in [3.63, 3.8) is 0 Å². The van der Waals surface area contributed by atoms with E-state index < -0.39 is 15.8 Å². The molecule has 2 N–H and O–H groups in total. The van der Waals surface area contributed by atoms with Crippen LogP contribution in [0.2, 0.25) is 0 Å². The number of primary sulfonamides is 1. The molecule has 7 heteroatoms. The molecule has 0 fully saturated rings. The van der Waals surface area contributed by atoms with Crippen LogP contribution in [0.15, 0.2) is 18.2 Å². The van der Waals surface area contributed by atoms with Crippen molar-refractivity contribution < 1.29 is 17.5 Å². The minimum Gasteiger partial charge on any atom is -0.492 e. The molecule has 0 amide bonds. The zero-order valence-corrected chi connectivity index (χ0v) is 11.8. The largest absolute Gasteiger partial charge is 0.492 e. The van der Waals surface area contributed by atoms with Gasteiger partial charge >= 0.3 is 0 Å². The van der Waals surface area contributed by atoms with Crippen molar-refractivity contribution in [1.29, 1.82) is 5.26 Å². The third-order valence-electron chi connectivity index (χ3n) is 2.67. The van der Waals surface area contributed by atoms with Crippen molar-refractivity contribution in [3.8, 4) is 11.8 Å². The van der Waals surface area contributed by atoms with Gasteiger partial charge in [-0.25, -0.2) is 17.9 Å². The van der Waals surface area contributed by atoms with Gasteiger partial charge in [-0.2, -0.15) is 5.26 Å². The molecule has 0 aliphatic heterocycles. The minimum atomic E-state index is -3.38. The molecule has 0 atom stereocenters. The van der Waals surface area contributed by atoms with Gasteiger partial charge in [-0.3, -0.25) is 0 Å². The average molecular weight is 300 g/mol. The maximum absolute atomic E-state index is 13.3. The number of nitriles is 1. The Hall–Kier alpha value is -1.65. The normalized spacial score (nSPS) is 11.1. The summed E-state index contributed by atoms with van der Waals surface area (Å²) >= 11 is 0. The lowest BCUT2D eigenvalue weighted by Crippen LogP contribution is -2.16. The minimum absolute atomic E-state index is 0.0175. The highest BCUT2D eigenvalue weighted by Crippen LogP contribution is 2.20. The van der Waals surface area contributed by atoms with Gasteiger partial charge < -0.3 is 4.74 Å². The molecule has 0 bridgehead atoms. The summed E-state index contributed by atoms with van der Waals surface area (Å²) in [5, 5.41) is 13.7. The van der Waals surface area contributed by atoms with Crippen LogP contribution in [0.1, 0.15) is 31.2 Å². The van der Waals surface area contributed by atoms with Crippen LogP contribution in [0, 0.1) is 17.1 Å². The van der Waals surface area contributed by atoms with Crippen LogP contribution in [-0.2, 0) is 10.0 Å². The molecule has 5 nitrogen and oxygen atoms in total. The first-order valence-corrected chi connectivity index (χ1v) is 7.97. The van der Waals surface area contributed by atoms with E-state index in [1.54, 1.807) is 12.1 Å². The monoisotopic (exact) mass is 300 g/mol. The number of benzene rings is 1. The number of sulfonamides is 1. The van der Waals surface area contributed by atoms with Gasteiger partial charge in [0, 0.05) is 0 Å². The van der Waals surface area contributed by atoms with Crippen molar-refractivity contribution in [2.24, 2.45) is 5.14 Å². The van der Waals surface area contributed by atoms with Crippen molar-refractivity contribution in [2.45, 2.75) is 25.7 Å². The number of nitrogens with zero attached hydrogens (tertiary/aromatic N) is 1. The van der Waals surface area contributed by atoms with Crippen LogP contribution < -0.4 is 9.88 Å². The van der Waals surface area contributed by atoms with Gasteiger partial charge in [-0.05, 0) is 25.0 Å². The average Bonchev–Trinajstić information content (AvgIpc) is 2.36. The van der Waals surface area contributed by atoms with E-state index in [4.69, 9.17) is 15.1 Å². The second kappa shape index (κ2) is 7.82. The number of hydrogen-bond acceptors (Lipinski definition) is 4. The molecule has 20 heavy (non-hydrogen) atoms. The second-order valence-corrected chi connectivity index (χ2v) is 6.09. The molecule has 1 rings (SSSR count). The van der Waals surface area contributed by atoms with Gasteiger partial charge in [0.15, 0.2) is 0 Å². The van der Waals surface area contributed by atoms with Gasteiger partial charge in [0.05, 0.1) is 12.4 Å². The molecule has 0 radical (unpaired) electrons. The Morgan fingerprint density at radius 3 is 2.60 bits per heavy atom. The Labute approximate surface area is 118 Å². The summed E-state index contributed by atoms with van der Waals surface area (Å²) in [6.45, 7) is 0.355. The number of hydrogen-bond donors (Lipinski definition) is 1. The van der Waals surface area contributed by atoms with E-state index in [0.29, 0.717) is 19.4 Å². The number of unbranched alkanes of at least 4 members (excludes halogenated alkanes) is 3. The zero-order valence-electron chi connectivity index (χ0n) is 11.0. The maximum Gasteiger partial charge on any atom is 0.209 e. The molecule has 110 valence electrons. The fourth-order valence-electron chi connectivity index (χ4n) is 1.67. The number of rotatable bonds is 8. The molecule has 0 heterocycles. The summed E-state index contributed by atoms with van der Waals surface area (Å²) in [6.07, 6.45) is 2.73. The highest BCUT2D eigenvalue weighted by molar-refractivity contribution is 7.89. The van der Waals surface area contributed by atoms with Gasteiger partial charge in [0.1, 0.15) is 23.2 Å². The SMILES string of the molecule is N#Cc1c(F)cccc1OCCCCCCS(N)(=O)=O. The number of ether oxygens (including phenoxy) is 1. The molecule has 1 aromatic rings. The predicted octanol–water partition coefficient (Wildman–Crippen LogP) is 1.93. The first-order chi connectivity index (χ1) is 9.44. The fourth-order valence-corrected chi connectivity index (χ4v) is 2.28. The maximum atomic E-state index is 13.3. The predicted molar refractivity (Wildman–Crippen MR) is 73.1 cm³/mol. The van der Waals surface area contributed by atoms with Crippen LogP contribution in [0.3, 0.4) is 0 Å². The van der Waals surface area contributed by atoms with E-state index >= 15 is 0 Å². The topological polar surface area (TPSA) is 93.2 Å². The van der Waals surface area contributed by atoms with E-state index in [0.717, 1.165) is 12.8 Å². The third-order valence-corrected chi connectivity index (χ3v) is 3.53. The van der Waals surface area contributed by atoms with E-state index in [-0.39, 0.29) is 17.1 Å². The quantitative estimate of drug-likeness (QED) is 0.742. The van der Waals surface area contributed by atoms with Crippen molar-refractivity contribution >= 4 is 10.0 Å². The Bertz CT molecular complexity index is 582. The summed E-state index contributed by atoms with van der Waals surface area (Å²) < 4.78 is 40.0. The molecule has 0 spiro atoms. The van der Waals surface area contributed by atoms with E-state index in [9.17, 15) is 12.8 Å². The molecule has 0 aromatic heterocycles. The summed E-state index contributed by atoms with van der Waals surface area (Å²) in [4.78, 5) is 0. The van der Waals surface area contributed by atoms with Crippen LogP contribution in [0.25, 0.3) is 0 Å². The van der Waals surface area contributed by atoms with Crippen molar-refractivity contribution in [1.82, 2.24) is 0 Å². The van der Waals surface area contributed by atoms with Crippen LogP contribution in [0.5, 0.6) is 5.75 Å². The molecular weight excluding hydrogens is 283 g/mol. The standard InChI is InChI=1S/C13H17FN2O3S/c14-12-6-5-7-13(11(12)10-15)19-8-3-1-2-4-9-20(16,17)18/h5-7H,1-4,8-9H2,(H2,16,17,18). The van der Waals surface area contributed by atoms with E-state index in [1.807, 2.05) is 0 Å². The highest BCUT2D eigenvalue weighted by atomic mass is 32.2. The summed E-state index contributed by atoms with van der Waals surface area (Å²) in [5.74, 6) is -0.383. The highest BCUT2D eigenvalue weighted by Gasteiger charge is 2.08. The molecule has 0 unspecified atom stereocenters. The van der Waals surface area contributed by atoms with Crippen LogP contribution in [0.4, 0.5) is 4.39 Å².